The molecule has 0 radical (unpaired) electrons. The molecule has 2 aromatic carbocycles. The molecule has 1 aliphatic rings. The molecule has 0 amide bonds. The molecule has 0 aliphatic carbocycles. The van der Waals surface area contributed by atoms with Gasteiger partial charge in [0.1, 0.15) is 5.75 Å². The number of hydrogen-bond acceptors (Lipinski definition) is 5. The standard InChI is InChI=1S/C20H20O5/c1-22-17-10-7-16(8-11-17)13-23-14-19-18(24-20(21)25-19)12-9-15-5-3-2-4-6-15/h2-12,18-19H,13-14H2,1H3/b12-9+/t18-,19+/m1/s1. The molecule has 0 bridgehead atoms. The van der Waals surface area contributed by atoms with Crippen LogP contribution in [0.15, 0.2) is 60.7 Å². The van der Waals surface area contributed by atoms with Gasteiger partial charge in [-0.1, -0.05) is 48.5 Å². The third-order valence-corrected chi connectivity index (χ3v) is 3.83. The Kier molecular flexibility index (Phi) is 5.69. The zero-order valence-electron chi connectivity index (χ0n) is 14.0. The van der Waals surface area contributed by atoms with Gasteiger partial charge in [-0.15, -0.1) is 0 Å². The van der Waals surface area contributed by atoms with E-state index in [2.05, 4.69) is 0 Å². The Bertz CT molecular complexity index is 709. The van der Waals surface area contributed by atoms with Crippen molar-refractivity contribution in [2.45, 2.75) is 18.8 Å². The molecule has 0 N–H and O–H groups in total. The molecule has 2 aromatic rings. The summed E-state index contributed by atoms with van der Waals surface area (Å²) in [5.74, 6) is 0.799. The van der Waals surface area contributed by atoms with Crippen LogP contribution in [0.5, 0.6) is 5.75 Å². The molecule has 5 nitrogen and oxygen atoms in total. The second kappa shape index (κ2) is 8.35. The van der Waals surface area contributed by atoms with Crippen LogP contribution in [0.25, 0.3) is 6.08 Å². The summed E-state index contributed by atoms with van der Waals surface area (Å²) in [6, 6.07) is 17.4. The van der Waals surface area contributed by atoms with Gasteiger partial charge in [-0.25, -0.2) is 4.79 Å². The predicted molar refractivity (Wildman–Crippen MR) is 93.3 cm³/mol. The molecular formula is C20H20O5. The minimum atomic E-state index is -0.666. The summed E-state index contributed by atoms with van der Waals surface area (Å²) < 4.78 is 21.2. The number of cyclic esters (lactones) is 2. The van der Waals surface area contributed by atoms with Gasteiger partial charge in [-0.3, -0.25) is 0 Å². The molecule has 130 valence electrons. The number of carbonyl (C=O) groups is 1. The van der Waals surface area contributed by atoms with Crippen molar-refractivity contribution >= 4 is 12.2 Å². The minimum absolute atomic E-state index is 0.265. The Balaban J connectivity index is 1.52. The van der Waals surface area contributed by atoms with E-state index >= 15 is 0 Å². The number of methoxy groups -OCH3 is 1. The van der Waals surface area contributed by atoms with Crippen molar-refractivity contribution in [2.75, 3.05) is 13.7 Å². The highest BCUT2D eigenvalue weighted by atomic mass is 16.8. The van der Waals surface area contributed by atoms with Gasteiger partial charge in [0.15, 0.2) is 12.2 Å². The fraction of sp³-hybridized carbons (Fsp3) is 0.250. The molecule has 1 aliphatic heterocycles. The fourth-order valence-electron chi connectivity index (χ4n) is 2.48. The molecule has 0 spiro atoms. The quantitative estimate of drug-likeness (QED) is 0.717. The first-order valence-electron chi connectivity index (χ1n) is 8.06. The molecule has 0 unspecified atom stereocenters. The van der Waals surface area contributed by atoms with Gasteiger partial charge in [-0.2, -0.15) is 0 Å². The molecule has 5 heteroatoms. The van der Waals surface area contributed by atoms with Gasteiger partial charge in [0, 0.05) is 0 Å². The average molecular weight is 340 g/mol. The van der Waals surface area contributed by atoms with E-state index in [1.165, 1.54) is 0 Å². The molecule has 1 saturated heterocycles. The minimum Gasteiger partial charge on any atom is -0.497 e. The van der Waals surface area contributed by atoms with E-state index in [1.54, 1.807) is 7.11 Å². The molecule has 1 heterocycles. The average Bonchev–Trinajstić information content (AvgIpc) is 3.01. The van der Waals surface area contributed by atoms with E-state index < -0.39 is 18.4 Å². The highest BCUT2D eigenvalue weighted by Crippen LogP contribution is 2.19. The van der Waals surface area contributed by atoms with Crippen LogP contribution in [0.1, 0.15) is 11.1 Å². The van der Waals surface area contributed by atoms with Gasteiger partial charge >= 0.3 is 6.16 Å². The Labute approximate surface area is 146 Å². The number of rotatable bonds is 7. The molecule has 3 rings (SSSR count). The van der Waals surface area contributed by atoms with Crippen LogP contribution in [-0.2, 0) is 20.8 Å². The zero-order valence-corrected chi connectivity index (χ0v) is 14.0. The Morgan fingerprint density at radius 1 is 1.04 bits per heavy atom. The first kappa shape index (κ1) is 17.0. The molecule has 0 saturated carbocycles. The van der Waals surface area contributed by atoms with Crippen molar-refractivity contribution < 1.29 is 23.7 Å². The first-order chi connectivity index (χ1) is 12.2. The lowest BCUT2D eigenvalue weighted by Gasteiger charge is -2.13. The summed E-state index contributed by atoms with van der Waals surface area (Å²) in [4.78, 5) is 11.4. The summed E-state index contributed by atoms with van der Waals surface area (Å²) >= 11 is 0. The largest absolute Gasteiger partial charge is 0.509 e. The third kappa shape index (κ3) is 4.84. The van der Waals surface area contributed by atoms with Crippen LogP contribution < -0.4 is 4.74 Å². The topological polar surface area (TPSA) is 54.0 Å². The van der Waals surface area contributed by atoms with Gasteiger partial charge in [0.25, 0.3) is 0 Å². The van der Waals surface area contributed by atoms with E-state index in [9.17, 15) is 4.79 Å². The molecule has 25 heavy (non-hydrogen) atoms. The van der Waals surface area contributed by atoms with Crippen LogP contribution in [-0.4, -0.2) is 32.1 Å². The monoisotopic (exact) mass is 340 g/mol. The smallest absolute Gasteiger partial charge is 0.497 e. The lowest BCUT2D eigenvalue weighted by atomic mass is 10.1. The van der Waals surface area contributed by atoms with E-state index in [0.717, 1.165) is 16.9 Å². The van der Waals surface area contributed by atoms with E-state index in [1.807, 2.05) is 66.7 Å². The number of carbonyl (C=O) groups excluding carboxylic acids is 1. The van der Waals surface area contributed by atoms with Crippen LogP contribution >= 0.6 is 0 Å². The van der Waals surface area contributed by atoms with E-state index in [0.29, 0.717) is 6.61 Å². The van der Waals surface area contributed by atoms with E-state index in [-0.39, 0.29) is 6.61 Å². The summed E-state index contributed by atoms with van der Waals surface area (Å²) in [6.07, 6.45) is 2.15. The summed E-state index contributed by atoms with van der Waals surface area (Å²) in [5, 5.41) is 0. The molecule has 1 fully saturated rings. The number of benzene rings is 2. The lowest BCUT2D eigenvalue weighted by molar-refractivity contribution is 0.0306. The Morgan fingerprint density at radius 3 is 2.52 bits per heavy atom. The van der Waals surface area contributed by atoms with Crippen LogP contribution in [0.3, 0.4) is 0 Å². The van der Waals surface area contributed by atoms with Gasteiger partial charge in [0.2, 0.25) is 0 Å². The van der Waals surface area contributed by atoms with Gasteiger partial charge < -0.3 is 18.9 Å². The van der Waals surface area contributed by atoms with Crippen molar-refractivity contribution in [2.24, 2.45) is 0 Å². The van der Waals surface area contributed by atoms with Crippen LogP contribution in [0.4, 0.5) is 4.79 Å². The van der Waals surface area contributed by atoms with Crippen LogP contribution in [0.2, 0.25) is 0 Å². The maximum Gasteiger partial charge on any atom is 0.509 e. The highest BCUT2D eigenvalue weighted by molar-refractivity contribution is 5.63. The summed E-state index contributed by atoms with van der Waals surface area (Å²) in [6.45, 7) is 0.689. The molecular weight excluding hydrogens is 320 g/mol. The van der Waals surface area contributed by atoms with Crippen molar-refractivity contribution in [1.29, 1.82) is 0 Å². The first-order valence-corrected chi connectivity index (χ1v) is 8.06. The Morgan fingerprint density at radius 2 is 1.80 bits per heavy atom. The van der Waals surface area contributed by atoms with Crippen molar-refractivity contribution in [1.82, 2.24) is 0 Å². The number of ether oxygens (including phenoxy) is 4. The van der Waals surface area contributed by atoms with Gasteiger partial charge in [-0.05, 0) is 29.3 Å². The van der Waals surface area contributed by atoms with Crippen molar-refractivity contribution in [3.05, 3.63) is 71.8 Å². The van der Waals surface area contributed by atoms with Gasteiger partial charge in [0.05, 0.1) is 20.3 Å². The van der Waals surface area contributed by atoms with Crippen LogP contribution in [0, 0.1) is 0 Å². The maximum absolute atomic E-state index is 11.4. The normalized spacial score (nSPS) is 19.6. The zero-order chi connectivity index (χ0) is 17.5. The molecule has 2 atom stereocenters. The SMILES string of the molecule is COc1ccc(COC[C@@H]2OC(=O)O[C@@H]2/C=C/c2ccccc2)cc1. The van der Waals surface area contributed by atoms with Crippen molar-refractivity contribution in [3.63, 3.8) is 0 Å². The summed E-state index contributed by atoms with van der Waals surface area (Å²) in [5.41, 5.74) is 2.05. The second-order valence-electron chi connectivity index (χ2n) is 5.62. The highest BCUT2D eigenvalue weighted by Gasteiger charge is 2.34. The third-order valence-electron chi connectivity index (χ3n) is 3.83. The predicted octanol–water partition coefficient (Wildman–Crippen LogP) is 3.83. The van der Waals surface area contributed by atoms with E-state index in [4.69, 9.17) is 18.9 Å². The Hall–Kier alpha value is -2.79. The summed E-state index contributed by atoms with van der Waals surface area (Å²) in [7, 11) is 1.63. The van der Waals surface area contributed by atoms with Crippen molar-refractivity contribution in [3.8, 4) is 5.75 Å². The number of hydrogen-bond donors (Lipinski definition) is 0. The second-order valence-corrected chi connectivity index (χ2v) is 5.62. The fourth-order valence-corrected chi connectivity index (χ4v) is 2.48. The lowest BCUT2D eigenvalue weighted by Crippen LogP contribution is -2.26. The molecule has 0 aromatic heterocycles. The maximum atomic E-state index is 11.4.